The SMILES string of the molecule is CSC[C@H]1CCCN1Cc1cccc(N)n1. The van der Waals surface area contributed by atoms with Crippen LogP contribution in [-0.4, -0.2) is 34.5 Å². The first kappa shape index (κ1) is 11.7. The van der Waals surface area contributed by atoms with Crippen molar-refractivity contribution >= 4 is 17.6 Å². The molecule has 0 amide bonds. The number of anilines is 1. The lowest BCUT2D eigenvalue weighted by Crippen LogP contribution is -2.31. The smallest absolute Gasteiger partial charge is 0.123 e. The van der Waals surface area contributed by atoms with Gasteiger partial charge in [0.1, 0.15) is 5.82 Å². The summed E-state index contributed by atoms with van der Waals surface area (Å²) in [6.45, 7) is 2.14. The average molecular weight is 237 g/mol. The molecule has 0 bridgehead atoms. The summed E-state index contributed by atoms with van der Waals surface area (Å²) in [5, 5.41) is 0. The highest BCUT2D eigenvalue weighted by Gasteiger charge is 2.23. The number of nitrogens with zero attached hydrogens (tertiary/aromatic N) is 2. The summed E-state index contributed by atoms with van der Waals surface area (Å²) >= 11 is 1.93. The number of thioether (sulfide) groups is 1. The van der Waals surface area contributed by atoms with Crippen molar-refractivity contribution in [2.75, 3.05) is 24.3 Å². The lowest BCUT2D eigenvalue weighted by Gasteiger charge is -2.23. The van der Waals surface area contributed by atoms with E-state index < -0.39 is 0 Å². The molecule has 1 aliphatic rings. The normalized spacial score (nSPS) is 21.4. The monoisotopic (exact) mass is 237 g/mol. The minimum atomic E-state index is 0.623. The Kier molecular flexibility index (Phi) is 4.07. The molecule has 4 heteroatoms. The number of hydrogen-bond donors (Lipinski definition) is 1. The molecule has 3 nitrogen and oxygen atoms in total. The highest BCUT2D eigenvalue weighted by atomic mass is 32.2. The highest BCUT2D eigenvalue weighted by Crippen LogP contribution is 2.22. The quantitative estimate of drug-likeness (QED) is 0.869. The van der Waals surface area contributed by atoms with Crippen molar-refractivity contribution < 1.29 is 0 Å². The van der Waals surface area contributed by atoms with Gasteiger partial charge >= 0.3 is 0 Å². The molecule has 1 fully saturated rings. The summed E-state index contributed by atoms with van der Waals surface area (Å²) in [4.78, 5) is 6.89. The Labute approximate surface area is 101 Å². The molecule has 0 aromatic carbocycles. The zero-order valence-electron chi connectivity index (χ0n) is 9.72. The maximum Gasteiger partial charge on any atom is 0.123 e. The molecule has 16 heavy (non-hydrogen) atoms. The van der Waals surface area contributed by atoms with E-state index in [2.05, 4.69) is 22.2 Å². The van der Waals surface area contributed by atoms with Gasteiger partial charge in [0.05, 0.1) is 5.69 Å². The van der Waals surface area contributed by atoms with Crippen LogP contribution in [-0.2, 0) is 6.54 Å². The van der Waals surface area contributed by atoms with Crippen LogP contribution >= 0.6 is 11.8 Å². The van der Waals surface area contributed by atoms with Gasteiger partial charge in [0.25, 0.3) is 0 Å². The highest BCUT2D eigenvalue weighted by molar-refractivity contribution is 7.98. The van der Waals surface area contributed by atoms with Gasteiger partial charge in [-0.05, 0) is 37.8 Å². The van der Waals surface area contributed by atoms with E-state index >= 15 is 0 Å². The van der Waals surface area contributed by atoms with E-state index in [4.69, 9.17) is 5.73 Å². The van der Waals surface area contributed by atoms with Gasteiger partial charge in [-0.25, -0.2) is 4.98 Å². The molecule has 1 aliphatic heterocycles. The summed E-state index contributed by atoms with van der Waals surface area (Å²) in [7, 11) is 0. The van der Waals surface area contributed by atoms with Gasteiger partial charge < -0.3 is 5.73 Å². The minimum absolute atomic E-state index is 0.623. The first-order chi connectivity index (χ1) is 7.79. The van der Waals surface area contributed by atoms with E-state index in [1.807, 2.05) is 23.9 Å². The Hall–Kier alpha value is -0.740. The summed E-state index contributed by atoms with van der Waals surface area (Å²) in [6.07, 6.45) is 4.81. The molecule has 2 rings (SSSR count). The molecule has 0 aliphatic carbocycles. The topological polar surface area (TPSA) is 42.1 Å². The van der Waals surface area contributed by atoms with Gasteiger partial charge in [0, 0.05) is 18.3 Å². The third-order valence-electron chi connectivity index (χ3n) is 3.05. The number of nitrogens with two attached hydrogens (primary N) is 1. The Balaban J connectivity index is 1.98. The van der Waals surface area contributed by atoms with Crippen LogP contribution in [0.15, 0.2) is 18.2 Å². The molecule has 1 aromatic heterocycles. The van der Waals surface area contributed by atoms with Gasteiger partial charge in [-0.1, -0.05) is 6.07 Å². The number of rotatable bonds is 4. The van der Waals surface area contributed by atoms with Crippen LogP contribution in [0, 0.1) is 0 Å². The van der Waals surface area contributed by atoms with Crippen LogP contribution in [0.3, 0.4) is 0 Å². The van der Waals surface area contributed by atoms with Crippen LogP contribution in [0.25, 0.3) is 0 Å². The van der Waals surface area contributed by atoms with Crippen LogP contribution < -0.4 is 5.73 Å². The Morgan fingerprint density at radius 1 is 1.56 bits per heavy atom. The average Bonchev–Trinajstić information content (AvgIpc) is 2.66. The van der Waals surface area contributed by atoms with Crippen LogP contribution in [0.4, 0.5) is 5.82 Å². The number of hydrogen-bond acceptors (Lipinski definition) is 4. The zero-order valence-corrected chi connectivity index (χ0v) is 10.5. The summed E-state index contributed by atoms with van der Waals surface area (Å²) < 4.78 is 0. The van der Waals surface area contributed by atoms with Gasteiger partial charge in [-0.3, -0.25) is 4.90 Å². The van der Waals surface area contributed by atoms with E-state index in [1.165, 1.54) is 25.1 Å². The van der Waals surface area contributed by atoms with E-state index in [-0.39, 0.29) is 0 Å². The standard InChI is InChI=1S/C12H19N3S/c1-16-9-11-5-3-7-15(11)8-10-4-2-6-12(13)14-10/h2,4,6,11H,3,5,7-9H2,1H3,(H2,13,14)/t11-/m1/s1. The number of aromatic nitrogens is 1. The van der Waals surface area contributed by atoms with Gasteiger partial charge in [0.2, 0.25) is 0 Å². The lowest BCUT2D eigenvalue weighted by atomic mass is 10.2. The predicted molar refractivity (Wildman–Crippen MR) is 70.5 cm³/mol. The van der Waals surface area contributed by atoms with Crippen molar-refractivity contribution in [1.29, 1.82) is 0 Å². The first-order valence-electron chi connectivity index (χ1n) is 5.74. The van der Waals surface area contributed by atoms with Crippen molar-refractivity contribution in [2.45, 2.75) is 25.4 Å². The Bertz CT molecular complexity index is 343. The summed E-state index contributed by atoms with van der Waals surface area (Å²) in [5.74, 6) is 1.85. The van der Waals surface area contributed by atoms with Crippen LogP contribution in [0.2, 0.25) is 0 Å². The molecule has 1 atom stereocenters. The maximum absolute atomic E-state index is 5.69. The second kappa shape index (κ2) is 5.55. The molecule has 1 saturated heterocycles. The fraction of sp³-hybridized carbons (Fsp3) is 0.583. The minimum Gasteiger partial charge on any atom is -0.384 e. The van der Waals surface area contributed by atoms with E-state index in [0.717, 1.165) is 18.3 Å². The molecule has 2 N–H and O–H groups in total. The van der Waals surface area contributed by atoms with Gasteiger partial charge in [0.15, 0.2) is 0 Å². The molecule has 0 radical (unpaired) electrons. The second-order valence-electron chi connectivity index (χ2n) is 4.28. The van der Waals surface area contributed by atoms with Crippen molar-refractivity contribution in [3.63, 3.8) is 0 Å². The summed E-state index contributed by atoms with van der Waals surface area (Å²) in [6, 6.07) is 6.60. The molecule has 0 saturated carbocycles. The molecule has 0 unspecified atom stereocenters. The van der Waals surface area contributed by atoms with Crippen LogP contribution in [0.1, 0.15) is 18.5 Å². The Morgan fingerprint density at radius 2 is 2.44 bits per heavy atom. The van der Waals surface area contributed by atoms with Crippen molar-refractivity contribution in [3.8, 4) is 0 Å². The first-order valence-corrected chi connectivity index (χ1v) is 7.13. The molecule has 1 aromatic rings. The predicted octanol–water partition coefficient (Wildman–Crippen LogP) is 1.99. The fourth-order valence-electron chi connectivity index (χ4n) is 2.28. The summed E-state index contributed by atoms with van der Waals surface area (Å²) in [5.41, 5.74) is 6.78. The largest absolute Gasteiger partial charge is 0.384 e. The number of nitrogen functional groups attached to an aromatic ring is 1. The molecular formula is C12H19N3S. The van der Waals surface area contributed by atoms with Gasteiger partial charge in [-0.2, -0.15) is 11.8 Å². The second-order valence-corrected chi connectivity index (χ2v) is 5.19. The van der Waals surface area contributed by atoms with Crippen molar-refractivity contribution in [1.82, 2.24) is 9.88 Å². The third kappa shape index (κ3) is 2.89. The molecular weight excluding hydrogens is 218 g/mol. The van der Waals surface area contributed by atoms with Crippen molar-refractivity contribution in [2.24, 2.45) is 0 Å². The maximum atomic E-state index is 5.69. The van der Waals surface area contributed by atoms with E-state index in [0.29, 0.717) is 5.82 Å². The molecule has 88 valence electrons. The lowest BCUT2D eigenvalue weighted by molar-refractivity contribution is 0.261. The van der Waals surface area contributed by atoms with E-state index in [1.54, 1.807) is 0 Å². The number of likely N-dealkylation sites (tertiary alicyclic amines) is 1. The molecule has 2 heterocycles. The zero-order chi connectivity index (χ0) is 11.4. The van der Waals surface area contributed by atoms with Crippen molar-refractivity contribution in [3.05, 3.63) is 23.9 Å². The number of pyridine rings is 1. The van der Waals surface area contributed by atoms with Crippen LogP contribution in [0.5, 0.6) is 0 Å². The fourth-order valence-corrected chi connectivity index (χ4v) is 3.04. The molecule has 0 spiro atoms. The van der Waals surface area contributed by atoms with Gasteiger partial charge in [-0.15, -0.1) is 0 Å². The Morgan fingerprint density at radius 3 is 3.19 bits per heavy atom. The third-order valence-corrected chi connectivity index (χ3v) is 3.77. The van der Waals surface area contributed by atoms with E-state index in [9.17, 15) is 0 Å².